The third-order valence-electron chi connectivity index (χ3n) is 3.20. The molecule has 1 aromatic carbocycles. The van der Waals surface area contributed by atoms with E-state index in [0.717, 1.165) is 5.56 Å². The predicted molar refractivity (Wildman–Crippen MR) is 82.9 cm³/mol. The van der Waals surface area contributed by atoms with Gasteiger partial charge in [0.25, 0.3) is 0 Å². The second-order valence-corrected chi connectivity index (χ2v) is 5.37. The van der Waals surface area contributed by atoms with Crippen LogP contribution in [0.3, 0.4) is 0 Å². The number of anilines is 1. The largest absolute Gasteiger partial charge is 0.464 e. The molecule has 0 unspecified atom stereocenters. The highest BCUT2D eigenvalue weighted by atomic mass is 35.5. The molecule has 1 heterocycles. The quantitative estimate of drug-likeness (QED) is 0.876. The highest BCUT2D eigenvalue weighted by molar-refractivity contribution is 6.35. The standard InChI is InChI=1S/C14H15Cl2N3O2/c1-8-18-12(14(20)21-2)13(17)19(8)6-5-9-3-4-10(15)7-11(9)16/h3-4,7H,5-6,17H2,1-2H3. The Morgan fingerprint density at radius 3 is 2.76 bits per heavy atom. The van der Waals surface area contributed by atoms with E-state index in [2.05, 4.69) is 9.72 Å². The molecule has 2 N–H and O–H groups in total. The van der Waals surface area contributed by atoms with Crippen LogP contribution in [0.2, 0.25) is 10.0 Å². The number of hydrogen-bond acceptors (Lipinski definition) is 4. The number of halogens is 2. The second-order valence-electron chi connectivity index (χ2n) is 4.52. The summed E-state index contributed by atoms with van der Waals surface area (Å²) in [5.74, 6) is 0.404. The molecular weight excluding hydrogens is 313 g/mol. The molecule has 0 aliphatic carbocycles. The zero-order chi connectivity index (χ0) is 15.6. The second kappa shape index (κ2) is 6.37. The molecule has 0 spiro atoms. The lowest BCUT2D eigenvalue weighted by Crippen LogP contribution is -2.10. The number of nitrogens with zero attached hydrogens (tertiary/aromatic N) is 2. The Hall–Kier alpha value is -1.72. The van der Waals surface area contributed by atoms with Crippen LogP contribution in [-0.2, 0) is 17.7 Å². The van der Waals surface area contributed by atoms with Gasteiger partial charge in [-0.05, 0) is 31.0 Å². The van der Waals surface area contributed by atoms with Crippen LogP contribution >= 0.6 is 23.2 Å². The molecule has 0 bridgehead atoms. The van der Waals surface area contributed by atoms with E-state index in [1.54, 1.807) is 23.6 Å². The molecule has 0 aliphatic heterocycles. The number of rotatable bonds is 4. The molecule has 2 aromatic rings. The molecule has 0 radical (unpaired) electrons. The van der Waals surface area contributed by atoms with Crippen LogP contribution in [0.15, 0.2) is 18.2 Å². The van der Waals surface area contributed by atoms with Gasteiger partial charge in [-0.3, -0.25) is 0 Å². The molecule has 0 amide bonds. The molecule has 1 aromatic heterocycles. The van der Waals surface area contributed by atoms with Gasteiger partial charge in [0, 0.05) is 16.6 Å². The first-order chi connectivity index (χ1) is 9.93. The zero-order valence-electron chi connectivity index (χ0n) is 11.7. The number of aryl methyl sites for hydroxylation is 2. The average molecular weight is 328 g/mol. The lowest BCUT2D eigenvalue weighted by Gasteiger charge is -2.09. The molecule has 0 atom stereocenters. The number of ether oxygens (including phenoxy) is 1. The number of aromatic nitrogens is 2. The molecule has 21 heavy (non-hydrogen) atoms. The van der Waals surface area contributed by atoms with E-state index >= 15 is 0 Å². The summed E-state index contributed by atoms with van der Waals surface area (Å²) in [7, 11) is 1.30. The third kappa shape index (κ3) is 3.31. The summed E-state index contributed by atoms with van der Waals surface area (Å²) in [6.45, 7) is 2.34. The van der Waals surface area contributed by atoms with Gasteiger partial charge in [0.05, 0.1) is 7.11 Å². The smallest absolute Gasteiger partial charge is 0.360 e. The number of imidazole rings is 1. The summed E-state index contributed by atoms with van der Waals surface area (Å²) in [4.78, 5) is 15.7. The number of hydrogen-bond donors (Lipinski definition) is 1. The SMILES string of the molecule is COC(=O)c1nc(C)n(CCc2ccc(Cl)cc2Cl)c1N. The van der Waals surface area contributed by atoms with E-state index in [-0.39, 0.29) is 5.69 Å². The maximum absolute atomic E-state index is 11.6. The van der Waals surface area contributed by atoms with Crippen molar-refractivity contribution in [1.29, 1.82) is 0 Å². The number of nitrogens with two attached hydrogens (primary N) is 1. The number of nitrogen functional groups attached to an aromatic ring is 1. The Morgan fingerprint density at radius 2 is 2.14 bits per heavy atom. The zero-order valence-corrected chi connectivity index (χ0v) is 13.2. The van der Waals surface area contributed by atoms with Crippen molar-refractivity contribution in [2.75, 3.05) is 12.8 Å². The maximum atomic E-state index is 11.6. The topological polar surface area (TPSA) is 70.1 Å². The molecule has 7 heteroatoms. The van der Waals surface area contributed by atoms with Crippen LogP contribution in [0.1, 0.15) is 21.9 Å². The lowest BCUT2D eigenvalue weighted by atomic mass is 10.1. The Balaban J connectivity index is 2.20. The van der Waals surface area contributed by atoms with Crippen LogP contribution in [-0.4, -0.2) is 22.6 Å². The van der Waals surface area contributed by atoms with Crippen molar-refractivity contribution in [2.24, 2.45) is 0 Å². The van der Waals surface area contributed by atoms with Crippen LogP contribution in [0.25, 0.3) is 0 Å². The number of carbonyl (C=O) groups excluding carboxylic acids is 1. The molecule has 0 saturated heterocycles. The molecular formula is C14H15Cl2N3O2. The van der Waals surface area contributed by atoms with Crippen molar-refractivity contribution in [2.45, 2.75) is 19.9 Å². The summed E-state index contributed by atoms with van der Waals surface area (Å²) in [6, 6.07) is 5.35. The van der Waals surface area contributed by atoms with E-state index in [1.165, 1.54) is 7.11 Å². The minimum Gasteiger partial charge on any atom is -0.464 e. The minimum absolute atomic E-state index is 0.136. The number of carbonyl (C=O) groups is 1. The summed E-state index contributed by atoms with van der Waals surface area (Å²) in [6.07, 6.45) is 0.651. The fourth-order valence-electron chi connectivity index (χ4n) is 2.07. The fraction of sp³-hybridized carbons (Fsp3) is 0.286. The highest BCUT2D eigenvalue weighted by Gasteiger charge is 2.19. The van der Waals surface area contributed by atoms with E-state index in [1.807, 2.05) is 6.07 Å². The van der Waals surface area contributed by atoms with Gasteiger partial charge in [-0.15, -0.1) is 0 Å². The van der Waals surface area contributed by atoms with Gasteiger partial charge in [0.15, 0.2) is 5.69 Å². The summed E-state index contributed by atoms with van der Waals surface area (Å²) >= 11 is 12.0. The minimum atomic E-state index is -0.543. The predicted octanol–water partition coefficient (Wildman–Crippen LogP) is 3.11. The molecule has 112 valence electrons. The average Bonchev–Trinajstić information content (AvgIpc) is 2.73. The summed E-state index contributed by atoms with van der Waals surface area (Å²) in [5.41, 5.74) is 7.04. The van der Waals surface area contributed by atoms with Crippen molar-refractivity contribution in [3.05, 3.63) is 45.3 Å². The van der Waals surface area contributed by atoms with Crippen LogP contribution < -0.4 is 5.73 Å². The first-order valence-electron chi connectivity index (χ1n) is 6.29. The van der Waals surface area contributed by atoms with Crippen molar-refractivity contribution in [1.82, 2.24) is 9.55 Å². The van der Waals surface area contributed by atoms with E-state index in [0.29, 0.717) is 34.7 Å². The van der Waals surface area contributed by atoms with E-state index < -0.39 is 5.97 Å². The molecule has 2 rings (SSSR count). The Labute approximate surface area is 132 Å². The van der Waals surface area contributed by atoms with Gasteiger partial charge in [-0.2, -0.15) is 0 Å². The van der Waals surface area contributed by atoms with E-state index in [9.17, 15) is 4.79 Å². The van der Waals surface area contributed by atoms with Gasteiger partial charge in [-0.25, -0.2) is 9.78 Å². The number of methoxy groups -OCH3 is 1. The molecule has 0 fully saturated rings. The molecule has 0 aliphatic rings. The maximum Gasteiger partial charge on any atom is 0.360 e. The Kier molecular flexibility index (Phi) is 4.75. The van der Waals surface area contributed by atoms with Crippen molar-refractivity contribution in [3.8, 4) is 0 Å². The first kappa shape index (κ1) is 15.7. The highest BCUT2D eigenvalue weighted by Crippen LogP contribution is 2.23. The summed E-state index contributed by atoms with van der Waals surface area (Å²) < 4.78 is 6.41. The third-order valence-corrected chi connectivity index (χ3v) is 3.78. The van der Waals surface area contributed by atoms with Crippen LogP contribution in [0.4, 0.5) is 5.82 Å². The van der Waals surface area contributed by atoms with Gasteiger partial charge >= 0.3 is 5.97 Å². The number of esters is 1. The van der Waals surface area contributed by atoms with Gasteiger partial charge in [0.1, 0.15) is 11.6 Å². The Bertz CT molecular complexity index is 683. The van der Waals surface area contributed by atoms with E-state index in [4.69, 9.17) is 28.9 Å². The molecule has 0 saturated carbocycles. The van der Waals surface area contributed by atoms with Crippen LogP contribution in [0, 0.1) is 6.92 Å². The fourth-order valence-corrected chi connectivity index (χ4v) is 2.57. The van der Waals surface area contributed by atoms with Crippen molar-refractivity contribution >= 4 is 35.0 Å². The number of benzene rings is 1. The Morgan fingerprint density at radius 1 is 1.43 bits per heavy atom. The summed E-state index contributed by atoms with van der Waals surface area (Å²) in [5, 5.41) is 1.20. The van der Waals surface area contributed by atoms with Crippen molar-refractivity contribution < 1.29 is 9.53 Å². The van der Waals surface area contributed by atoms with Gasteiger partial charge < -0.3 is 15.0 Å². The molecule has 5 nitrogen and oxygen atoms in total. The normalized spacial score (nSPS) is 10.7. The van der Waals surface area contributed by atoms with Gasteiger partial charge in [-0.1, -0.05) is 29.3 Å². The van der Waals surface area contributed by atoms with Crippen LogP contribution in [0.5, 0.6) is 0 Å². The van der Waals surface area contributed by atoms with Gasteiger partial charge in [0.2, 0.25) is 0 Å². The monoisotopic (exact) mass is 327 g/mol. The van der Waals surface area contributed by atoms with Crippen molar-refractivity contribution in [3.63, 3.8) is 0 Å². The first-order valence-corrected chi connectivity index (χ1v) is 7.04. The lowest BCUT2D eigenvalue weighted by molar-refractivity contribution is 0.0595.